The smallest absolute Gasteiger partial charge is 0.123 e. The number of hydrogen-bond acceptors (Lipinski definition) is 2. The Bertz CT molecular complexity index is 320. The van der Waals surface area contributed by atoms with Crippen LogP contribution in [-0.2, 0) is 6.54 Å². The third kappa shape index (κ3) is 4.49. The van der Waals surface area contributed by atoms with Crippen molar-refractivity contribution in [1.29, 1.82) is 0 Å². The topological polar surface area (TPSA) is 21.3 Å². The van der Waals surface area contributed by atoms with Crippen LogP contribution in [0.15, 0.2) is 22.7 Å². The summed E-state index contributed by atoms with van der Waals surface area (Å²) < 4.78 is 18.5. The van der Waals surface area contributed by atoms with Gasteiger partial charge in [-0.15, -0.1) is 0 Å². The van der Waals surface area contributed by atoms with Gasteiger partial charge in [-0.3, -0.25) is 4.39 Å². The van der Waals surface area contributed by atoms with Crippen molar-refractivity contribution in [3.63, 3.8) is 0 Å². The number of ether oxygens (including phenoxy) is 1. The molecular formula is C12H17BrFNO. The van der Waals surface area contributed by atoms with E-state index in [1.54, 1.807) is 0 Å². The molecule has 0 amide bonds. The van der Waals surface area contributed by atoms with Gasteiger partial charge in [0, 0.05) is 23.0 Å². The van der Waals surface area contributed by atoms with Crippen LogP contribution < -0.4 is 10.1 Å². The Kier molecular flexibility index (Phi) is 6.42. The van der Waals surface area contributed by atoms with Gasteiger partial charge in [-0.2, -0.15) is 0 Å². The van der Waals surface area contributed by atoms with Crippen LogP contribution in [0.3, 0.4) is 0 Å². The normalized spacial score (nSPS) is 10.4. The Morgan fingerprint density at radius 1 is 1.44 bits per heavy atom. The highest BCUT2D eigenvalue weighted by Gasteiger charge is 2.04. The highest BCUT2D eigenvalue weighted by atomic mass is 79.9. The summed E-state index contributed by atoms with van der Waals surface area (Å²) in [5, 5.41) is 3.25. The first kappa shape index (κ1) is 13.5. The molecule has 0 heterocycles. The number of benzene rings is 1. The molecule has 0 bridgehead atoms. The Balaban J connectivity index is 2.64. The summed E-state index contributed by atoms with van der Waals surface area (Å²) in [7, 11) is 0. The summed E-state index contributed by atoms with van der Waals surface area (Å²) in [6.45, 7) is 3.83. The molecule has 0 saturated carbocycles. The Morgan fingerprint density at radius 3 is 2.94 bits per heavy atom. The van der Waals surface area contributed by atoms with Gasteiger partial charge >= 0.3 is 0 Å². The van der Waals surface area contributed by atoms with Crippen molar-refractivity contribution in [3.05, 3.63) is 28.2 Å². The van der Waals surface area contributed by atoms with Crippen molar-refractivity contribution in [1.82, 2.24) is 5.32 Å². The fraction of sp³-hybridized carbons (Fsp3) is 0.500. The predicted molar refractivity (Wildman–Crippen MR) is 67.6 cm³/mol. The van der Waals surface area contributed by atoms with Crippen LogP contribution >= 0.6 is 15.9 Å². The first-order valence-corrected chi connectivity index (χ1v) is 6.25. The van der Waals surface area contributed by atoms with E-state index in [1.807, 2.05) is 18.2 Å². The minimum absolute atomic E-state index is 0.334. The second kappa shape index (κ2) is 7.63. The van der Waals surface area contributed by atoms with Crippen LogP contribution in [-0.4, -0.2) is 19.8 Å². The SMILES string of the molecule is CCNCc1cc(Br)ccc1OCCCF. The Labute approximate surface area is 104 Å². The number of rotatable bonds is 7. The van der Waals surface area contributed by atoms with Crippen LogP contribution in [0, 0.1) is 0 Å². The van der Waals surface area contributed by atoms with Crippen LogP contribution in [0.1, 0.15) is 18.9 Å². The van der Waals surface area contributed by atoms with E-state index in [0.29, 0.717) is 13.0 Å². The van der Waals surface area contributed by atoms with Crippen molar-refractivity contribution in [2.45, 2.75) is 19.9 Å². The van der Waals surface area contributed by atoms with Gasteiger partial charge in [-0.1, -0.05) is 22.9 Å². The molecule has 2 nitrogen and oxygen atoms in total. The Morgan fingerprint density at radius 2 is 2.25 bits per heavy atom. The number of hydrogen-bond donors (Lipinski definition) is 1. The largest absolute Gasteiger partial charge is 0.493 e. The molecule has 0 aliphatic carbocycles. The molecule has 0 atom stereocenters. The van der Waals surface area contributed by atoms with E-state index in [4.69, 9.17) is 4.74 Å². The second-order valence-electron chi connectivity index (χ2n) is 3.42. The first-order valence-electron chi connectivity index (χ1n) is 5.45. The lowest BCUT2D eigenvalue weighted by Crippen LogP contribution is -2.13. The summed E-state index contributed by atoms with van der Waals surface area (Å²) in [5.74, 6) is 0.831. The molecule has 0 radical (unpaired) electrons. The maximum absolute atomic E-state index is 12.0. The average molecular weight is 290 g/mol. The molecule has 0 saturated heterocycles. The number of nitrogens with one attached hydrogen (secondary N) is 1. The van der Waals surface area contributed by atoms with Crippen molar-refractivity contribution in [2.75, 3.05) is 19.8 Å². The van der Waals surface area contributed by atoms with E-state index < -0.39 is 0 Å². The van der Waals surface area contributed by atoms with E-state index >= 15 is 0 Å². The minimum atomic E-state index is -0.334. The van der Waals surface area contributed by atoms with Gasteiger partial charge in [0.15, 0.2) is 0 Å². The van der Waals surface area contributed by atoms with Gasteiger partial charge in [-0.25, -0.2) is 0 Å². The van der Waals surface area contributed by atoms with Crippen LogP contribution in [0.4, 0.5) is 4.39 Å². The fourth-order valence-electron chi connectivity index (χ4n) is 1.32. The Hall–Kier alpha value is -0.610. The van der Waals surface area contributed by atoms with E-state index in [0.717, 1.165) is 28.9 Å². The molecular weight excluding hydrogens is 273 g/mol. The van der Waals surface area contributed by atoms with Crippen molar-refractivity contribution in [3.8, 4) is 5.75 Å². The second-order valence-corrected chi connectivity index (χ2v) is 4.34. The molecule has 0 aliphatic rings. The first-order chi connectivity index (χ1) is 7.77. The van der Waals surface area contributed by atoms with Crippen LogP contribution in [0.5, 0.6) is 5.75 Å². The summed E-state index contributed by atoms with van der Waals surface area (Å²) in [4.78, 5) is 0. The lowest BCUT2D eigenvalue weighted by atomic mass is 10.2. The van der Waals surface area contributed by atoms with Gasteiger partial charge in [0.1, 0.15) is 5.75 Å². The maximum atomic E-state index is 12.0. The number of alkyl halides is 1. The van der Waals surface area contributed by atoms with Gasteiger partial charge in [0.2, 0.25) is 0 Å². The third-order valence-electron chi connectivity index (χ3n) is 2.12. The van der Waals surface area contributed by atoms with E-state index in [2.05, 4.69) is 28.2 Å². The molecule has 1 aromatic rings. The summed E-state index contributed by atoms with van der Waals surface area (Å²) in [6.07, 6.45) is 0.441. The highest BCUT2D eigenvalue weighted by Crippen LogP contribution is 2.23. The quantitative estimate of drug-likeness (QED) is 0.778. The number of halogens is 2. The predicted octanol–water partition coefficient (Wildman–Crippen LogP) is 3.30. The third-order valence-corrected chi connectivity index (χ3v) is 2.62. The maximum Gasteiger partial charge on any atom is 0.123 e. The monoisotopic (exact) mass is 289 g/mol. The molecule has 0 unspecified atom stereocenters. The van der Waals surface area contributed by atoms with Crippen LogP contribution in [0.25, 0.3) is 0 Å². The van der Waals surface area contributed by atoms with Crippen molar-refractivity contribution < 1.29 is 9.13 Å². The molecule has 0 fully saturated rings. The summed E-state index contributed by atoms with van der Waals surface area (Å²) in [6, 6.07) is 5.86. The lowest BCUT2D eigenvalue weighted by molar-refractivity contribution is 0.286. The van der Waals surface area contributed by atoms with Gasteiger partial charge in [-0.05, 0) is 24.7 Å². The van der Waals surface area contributed by atoms with Gasteiger partial charge < -0.3 is 10.1 Å². The standard InChI is InChI=1S/C12H17BrFNO/c1-2-15-9-10-8-11(13)4-5-12(10)16-7-3-6-14/h4-5,8,15H,2-3,6-7,9H2,1H3. The van der Waals surface area contributed by atoms with Gasteiger partial charge in [0.25, 0.3) is 0 Å². The average Bonchev–Trinajstić information content (AvgIpc) is 2.29. The molecule has 1 aromatic carbocycles. The zero-order valence-corrected chi connectivity index (χ0v) is 11.0. The zero-order chi connectivity index (χ0) is 11.8. The van der Waals surface area contributed by atoms with Crippen molar-refractivity contribution >= 4 is 15.9 Å². The fourth-order valence-corrected chi connectivity index (χ4v) is 1.73. The lowest BCUT2D eigenvalue weighted by Gasteiger charge is -2.11. The van der Waals surface area contributed by atoms with Crippen LogP contribution in [0.2, 0.25) is 0 Å². The summed E-state index contributed by atoms with van der Waals surface area (Å²) in [5.41, 5.74) is 1.09. The molecule has 4 heteroatoms. The molecule has 1 rings (SSSR count). The highest BCUT2D eigenvalue weighted by molar-refractivity contribution is 9.10. The minimum Gasteiger partial charge on any atom is -0.493 e. The molecule has 0 aromatic heterocycles. The van der Waals surface area contributed by atoms with E-state index in [-0.39, 0.29) is 6.67 Å². The molecule has 0 aliphatic heterocycles. The van der Waals surface area contributed by atoms with E-state index in [9.17, 15) is 4.39 Å². The molecule has 1 N–H and O–H groups in total. The molecule has 90 valence electrons. The zero-order valence-electron chi connectivity index (χ0n) is 9.43. The molecule has 0 spiro atoms. The van der Waals surface area contributed by atoms with Crippen molar-refractivity contribution in [2.24, 2.45) is 0 Å². The van der Waals surface area contributed by atoms with Gasteiger partial charge in [0.05, 0.1) is 13.3 Å². The molecule has 16 heavy (non-hydrogen) atoms. The summed E-state index contributed by atoms with van der Waals surface area (Å²) >= 11 is 3.43. The van der Waals surface area contributed by atoms with E-state index in [1.165, 1.54) is 0 Å².